The summed E-state index contributed by atoms with van der Waals surface area (Å²) in [4.78, 5) is 26.6. The Hall–Kier alpha value is -3.65. The van der Waals surface area contributed by atoms with E-state index in [1.54, 1.807) is 23.1 Å². The van der Waals surface area contributed by atoms with Gasteiger partial charge in [0.1, 0.15) is 17.6 Å². The van der Waals surface area contributed by atoms with Gasteiger partial charge in [0.15, 0.2) is 9.84 Å². The molecule has 2 amide bonds. The summed E-state index contributed by atoms with van der Waals surface area (Å²) in [5.41, 5.74) is 7.00. The van der Waals surface area contributed by atoms with Crippen molar-refractivity contribution in [3.05, 3.63) is 59.2 Å². The van der Waals surface area contributed by atoms with Gasteiger partial charge in [-0.25, -0.2) is 8.42 Å². The molecule has 1 atom stereocenters. The third-order valence-corrected chi connectivity index (χ3v) is 8.86. The number of piperidine rings is 1. The second kappa shape index (κ2) is 12.5. The number of alkyl halides is 3. The van der Waals surface area contributed by atoms with E-state index in [1.807, 2.05) is 0 Å². The van der Waals surface area contributed by atoms with Crippen molar-refractivity contribution < 1.29 is 40.7 Å². The molecule has 0 aromatic heterocycles. The SMILES string of the molecule is N=CC(CNC1CS(=O)(=O)C1)c1ccc(OC2CCN(C(=O)Cc3ccc(OC(F)(F)F)cc3)CC2)c(C(N)=O)c1. The number of ether oxygens (including phenoxy) is 2. The van der Waals surface area contributed by atoms with Gasteiger partial charge >= 0.3 is 6.36 Å². The first-order valence-corrected chi connectivity index (χ1v) is 14.8. The van der Waals surface area contributed by atoms with Crippen LogP contribution in [0.3, 0.4) is 0 Å². The van der Waals surface area contributed by atoms with Gasteiger partial charge < -0.3 is 30.8 Å². The first-order chi connectivity index (χ1) is 19.3. The van der Waals surface area contributed by atoms with Gasteiger partial charge in [-0.2, -0.15) is 0 Å². The first-order valence-electron chi connectivity index (χ1n) is 13.0. The molecule has 2 aliphatic heterocycles. The van der Waals surface area contributed by atoms with E-state index in [1.165, 1.54) is 30.5 Å². The van der Waals surface area contributed by atoms with Crippen LogP contribution >= 0.6 is 0 Å². The highest BCUT2D eigenvalue weighted by Crippen LogP contribution is 2.28. The van der Waals surface area contributed by atoms with Crippen LogP contribution in [0.4, 0.5) is 13.2 Å². The Labute approximate surface area is 235 Å². The summed E-state index contributed by atoms with van der Waals surface area (Å²) in [7, 11) is -2.97. The lowest BCUT2D eigenvalue weighted by Crippen LogP contribution is -2.51. The maximum Gasteiger partial charge on any atom is 0.573 e. The van der Waals surface area contributed by atoms with E-state index >= 15 is 0 Å². The third-order valence-electron chi connectivity index (χ3n) is 7.04. The molecule has 0 radical (unpaired) electrons. The molecule has 0 saturated carbocycles. The zero-order valence-electron chi connectivity index (χ0n) is 22.0. The number of carbonyl (C=O) groups is 2. The Bertz CT molecular complexity index is 1360. The van der Waals surface area contributed by atoms with E-state index in [2.05, 4.69) is 10.1 Å². The van der Waals surface area contributed by atoms with E-state index in [0.29, 0.717) is 49.4 Å². The van der Waals surface area contributed by atoms with Crippen LogP contribution in [-0.4, -0.2) is 81.0 Å². The number of likely N-dealkylation sites (tertiary alicyclic amines) is 1. The van der Waals surface area contributed by atoms with Gasteiger partial charge in [0.2, 0.25) is 5.91 Å². The Morgan fingerprint density at radius 1 is 1.12 bits per heavy atom. The molecule has 0 bridgehead atoms. The van der Waals surface area contributed by atoms with Crippen LogP contribution in [0.5, 0.6) is 11.5 Å². The third kappa shape index (κ3) is 8.43. The van der Waals surface area contributed by atoms with E-state index in [4.69, 9.17) is 15.9 Å². The topological polar surface area (TPSA) is 152 Å². The number of nitrogens with zero attached hydrogens (tertiary/aromatic N) is 1. The van der Waals surface area contributed by atoms with Crippen LogP contribution in [0.25, 0.3) is 0 Å². The summed E-state index contributed by atoms with van der Waals surface area (Å²) in [5.74, 6) is -1.18. The maximum absolute atomic E-state index is 12.7. The summed E-state index contributed by atoms with van der Waals surface area (Å²) >= 11 is 0. The number of nitrogens with one attached hydrogen (secondary N) is 2. The Morgan fingerprint density at radius 2 is 1.78 bits per heavy atom. The smallest absolute Gasteiger partial charge is 0.489 e. The standard InChI is InChI=1S/C27H31F3N4O6S/c28-27(29,30)40-22-4-1-17(2-5-22)11-25(35)34-9-7-21(8-10-34)39-24-6-3-18(12-23(24)26(32)36)19(13-31)14-33-20-15-41(37,38)16-20/h1-6,12-13,19-21,31,33H,7-11,14-16H2,(H2,32,36). The minimum absolute atomic E-state index is 0.0324. The second-order valence-electron chi connectivity index (χ2n) is 10.1. The van der Waals surface area contributed by atoms with Gasteiger partial charge in [-0.3, -0.25) is 9.59 Å². The number of rotatable bonds is 11. The van der Waals surface area contributed by atoms with Crippen molar-refractivity contribution in [1.29, 1.82) is 5.41 Å². The molecule has 2 fully saturated rings. The highest BCUT2D eigenvalue weighted by Gasteiger charge is 2.33. The van der Waals surface area contributed by atoms with Gasteiger partial charge in [-0.1, -0.05) is 18.2 Å². The maximum atomic E-state index is 12.7. The number of amides is 2. The molecular weight excluding hydrogens is 565 g/mol. The normalized spacial score (nSPS) is 18.3. The summed E-state index contributed by atoms with van der Waals surface area (Å²) in [6.45, 7) is 1.14. The van der Waals surface area contributed by atoms with E-state index in [9.17, 15) is 31.2 Å². The van der Waals surface area contributed by atoms with Crippen molar-refractivity contribution >= 4 is 27.9 Å². The van der Waals surface area contributed by atoms with Crippen molar-refractivity contribution in [2.24, 2.45) is 5.73 Å². The van der Waals surface area contributed by atoms with Gasteiger partial charge in [-0.05, 0) is 35.4 Å². The molecule has 222 valence electrons. The summed E-state index contributed by atoms with van der Waals surface area (Å²) < 4.78 is 69.7. The molecule has 2 aromatic carbocycles. The fraction of sp³-hybridized carbons (Fsp3) is 0.444. The van der Waals surface area contributed by atoms with Crippen LogP contribution in [-0.2, 0) is 21.1 Å². The van der Waals surface area contributed by atoms with Crippen molar-refractivity contribution in [2.75, 3.05) is 31.1 Å². The van der Waals surface area contributed by atoms with Crippen LogP contribution in [0.2, 0.25) is 0 Å². The quantitative estimate of drug-likeness (QED) is 0.337. The van der Waals surface area contributed by atoms with Crippen LogP contribution in [0.1, 0.15) is 40.2 Å². The highest BCUT2D eigenvalue weighted by molar-refractivity contribution is 7.92. The average Bonchev–Trinajstić information content (AvgIpc) is 2.89. The van der Waals surface area contributed by atoms with Crippen molar-refractivity contribution in [1.82, 2.24) is 10.2 Å². The minimum atomic E-state index is -4.78. The number of sulfone groups is 1. The first kappa shape index (κ1) is 30.3. The molecule has 2 heterocycles. The highest BCUT2D eigenvalue weighted by atomic mass is 32.2. The van der Waals surface area contributed by atoms with Crippen molar-refractivity contribution in [3.63, 3.8) is 0 Å². The Morgan fingerprint density at radius 3 is 2.34 bits per heavy atom. The number of benzene rings is 2. The van der Waals surface area contributed by atoms with E-state index in [-0.39, 0.29) is 47.3 Å². The molecule has 10 nitrogen and oxygen atoms in total. The lowest BCUT2D eigenvalue weighted by molar-refractivity contribution is -0.274. The molecule has 4 rings (SSSR count). The molecule has 0 spiro atoms. The van der Waals surface area contributed by atoms with Gasteiger partial charge in [0.05, 0.1) is 23.5 Å². The Balaban J connectivity index is 1.30. The molecule has 4 N–H and O–H groups in total. The van der Waals surface area contributed by atoms with Crippen LogP contribution < -0.4 is 20.5 Å². The summed E-state index contributed by atoms with van der Waals surface area (Å²) in [5, 5.41) is 10.9. The molecule has 2 aromatic rings. The molecular formula is C27H31F3N4O6S. The predicted molar refractivity (Wildman–Crippen MR) is 144 cm³/mol. The van der Waals surface area contributed by atoms with Gasteiger partial charge in [0.25, 0.3) is 5.91 Å². The fourth-order valence-corrected chi connectivity index (χ4v) is 6.18. The molecule has 14 heteroatoms. The molecule has 2 aliphatic rings. The monoisotopic (exact) mass is 596 g/mol. The largest absolute Gasteiger partial charge is 0.573 e. The van der Waals surface area contributed by atoms with Crippen LogP contribution in [0, 0.1) is 5.41 Å². The Kier molecular flexibility index (Phi) is 9.22. The number of primary amides is 1. The fourth-order valence-electron chi connectivity index (χ4n) is 4.82. The minimum Gasteiger partial charge on any atom is -0.489 e. The number of nitrogens with two attached hydrogens (primary N) is 1. The number of hydrogen-bond donors (Lipinski definition) is 3. The number of halogens is 3. The van der Waals surface area contributed by atoms with Crippen LogP contribution in [0.15, 0.2) is 42.5 Å². The predicted octanol–water partition coefficient (Wildman–Crippen LogP) is 2.42. The van der Waals surface area contributed by atoms with E-state index in [0.717, 1.165) is 0 Å². The lowest BCUT2D eigenvalue weighted by Gasteiger charge is -2.32. The zero-order chi connectivity index (χ0) is 29.8. The molecule has 41 heavy (non-hydrogen) atoms. The number of carbonyl (C=O) groups excluding carboxylic acids is 2. The van der Waals surface area contributed by atoms with Crippen molar-refractivity contribution in [3.8, 4) is 11.5 Å². The summed E-state index contributed by atoms with van der Waals surface area (Å²) in [6, 6.07) is 9.96. The lowest BCUT2D eigenvalue weighted by atomic mass is 9.97. The number of hydrogen-bond acceptors (Lipinski definition) is 8. The molecule has 1 unspecified atom stereocenters. The molecule has 0 aliphatic carbocycles. The zero-order valence-corrected chi connectivity index (χ0v) is 22.8. The summed E-state index contributed by atoms with van der Waals surface area (Å²) in [6.07, 6.45) is -2.80. The van der Waals surface area contributed by atoms with Crippen molar-refractivity contribution in [2.45, 2.75) is 43.7 Å². The van der Waals surface area contributed by atoms with Gasteiger partial charge in [-0.15, -0.1) is 13.2 Å². The van der Waals surface area contributed by atoms with E-state index < -0.39 is 28.0 Å². The molecule has 2 saturated heterocycles. The van der Waals surface area contributed by atoms with Gasteiger partial charge in [0, 0.05) is 50.7 Å². The second-order valence-corrected chi connectivity index (χ2v) is 12.3. The average molecular weight is 597 g/mol.